The van der Waals surface area contributed by atoms with Crippen LogP contribution in [0.2, 0.25) is 0 Å². The molecule has 1 N–H and O–H groups in total. The molecule has 0 saturated carbocycles. The molecule has 1 aliphatic heterocycles. The molecule has 0 radical (unpaired) electrons. The van der Waals surface area contributed by atoms with Crippen molar-refractivity contribution < 1.29 is 0 Å². The van der Waals surface area contributed by atoms with Crippen molar-refractivity contribution in [3.63, 3.8) is 0 Å². The van der Waals surface area contributed by atoms with Gasteiger partial charge in [0.05, 0.1) is 0 Å². The van der Waals surface area contributed by atoms with Crippen molar-refractivity contribution in [1.82, 2.24) is 10.2 Å². The molecule has 19 heavy (non-hydrogen) atoms. The highest BCUT2D eigenvalue weighted by atomic mass is 15.1. The maximum Gasteiger partial charge on any atom is 0.0111 e. The number of benzene rings is 1. The van der Waals surface area contributed by atoms with Crippen LogP contribution in [-0.2, 0) is 12.8 Å². The summed E-state index contributed by atoms with van der Waals surface area (Å²) in [7, 11) is 2.27. The Morgan fingerprint density at radius 2 is 2.05 bits per heavy atom. The number of likely N-dealkylation sites (tertiary alicyclic amines) is 1. The van der Waals surface area contributed by atoms with Crippen LogP contribution in [-0.4, -0.2) is 37.1 Å². The fourth-order valence-corrected chi connectivity index (χ4v) is 3.67. The molecule has 3 rings (SSSR count). The summed E-state index contributed by atoms with van der Waals surface area (Å²) in [6.07, 6.45) is 7.86. The second-order valence-electron chi connectivity index (χ2n) is 6.23. The summed E-state index contributed by atoms with van der Waals surface area (Å²) in [6.45, 7) is 2.48. The van der Waals surface area contributed by atoms with Crippen LogP contribution in [0.15, 0.2) is 24.3 Å². The number of nitrogens with one attached hydrogen (secondary N) is 1. The SMILES string of the molecule is CN1CCC[C@@H]1CCN[C@@H]1CCc2ccccc2C1. The van der Waals surface area contributed by atoms with Gasteiger partial charge in [-0.05, 0) is 69.8 Å². The average Bonchev–Trinajstić information content (AvgIpc) is 2.84. The van der Waals surface area contributed by atoms with E-state index in [2.05, 4.69) is 41.5 Å². The highest BCUT2D eigenvalue weighted by Crippen LogP contribution is 2.21. The van der Waals surface area contributed by atoms with Crippen LogP contribution >= 0.6 is 0 Å². The van der Waals surface area contributed by atoms with E-state index < -0.39 is 0 Å². The first-order valence-electron chi connectivity index (χ1n) is 7.83. The Hall–Kier alpha value is -0.860. The third kappa shape index (κ3) is 3.18. The minimum atomic E-state index is 0.696. The van der Waals surface area contributed by atoms with Crippen molar-refractivity contribution in [3.05, 3.63) is 35.4 Å². The standard InChI is InChI=1S/C17H26N2/c1-19-12-4-7-17(19)10-11-18-16-9-8-14-5-2-3-6-15(14)13-16/h2-3,5-6,16-18H,4,7-13H2,1H3/t16-,17-/m1/s1. The predicted molar refractivity (Wildman–Crippen MR) is 80.5 cm³/mol. The van der Waals surface area contributed by atoms with Gasteiger partial charge in [0, 0.05) is 12.1 Å². The smallest absolute Gasteiger partial charge is 0.0111 e. The van der Waals surface area contributed by atoms with Gasteiger partial charge in [-0.3, -0.25) is 0 Å². The maximum atomic E-state index is 3.78. The van der Waals surface area contributed by atoms with Crippen LogP contribution < -0.4 is 5.32 Å². The Labute approximate surface area is 117 Å². The first-order valence-corrected chi connectivity index (χ1v) is 7.83. The molecule has 2 atom stereocenters. The fourth-order valence-electron chi connectivity index (χ4n) is 3.67. The Morgan fingerprint density at radius 1 is 1.21 bits per heavy atom. The summed E-state index contributed by atoms with van der Waals surface area (Å²) in [5.41, 5.74) is 3.13. The second kappa shape index (κ2) is 6.06. The van der Waals surface area contributed by atoms with Gasteiger partial charge in [0.2, 0.25) is 0 Å². The number of rotatable bonds is 4. The van der Waals surface area contributed by atoms with E-state index in [1.165, 1.54) is 51.6 Å². The van der Waals surface area contributed by atoms with Crippen LogP contribution in [0, 0.1) is 0 Å². The number of hydrogen-bond donors (Lipinski definition) is 1. The summed E-state index contributed by atoms with van der Waals surface area (Å²) < 4.78 is 0. The van der Waals surface area contributed by atoms with Gasteiger partial charge in [-0.1, -0.05) is 24.3 Å². The molecule has 2 heteroatoms. The van der Waals surface area contributed by atoms with E-state index >= 15 is 0 Å². The van der Waals surface area contributed by atoms with E-state index in [0.29, 0.717) is 6.04 Å². The third-order valence-electron chi connectivity index (χ3n) is 4.93. The monoisotopic (exact) mass is 258 g/mol. The van der Waals surface area contributed by atoms with Gasteiger partial charge in [-0.2, -0.15) is 0 Å². The average molecular weight is 258 g/mol. The van der Waals surface area contributed by atoms with E-state index in [9.17, 15) is 0 Å². The minimum Gasteiger partial charge on any atom is -0.314 e. The quantitative estimate of drug-likeness (QED) is 0.893. The molecule has 1 aromatic carbocycles. The lowest BCUT2D eigenvalue weighted by atomic mass is 9.88. The summed E-state index contributed by atoms with van der Waals surface area (Å²) in [5.74, 6) is 0. The zero-order valence-corrected chi connectivity index (χ0v) is 12.1. The summed E-state index contributed by atoms with van der Waals surface area (Å²) >= 11 is 0. The Balaban J connectivity index is 1.45. The van der Waals surface area contributed by atoms with Crippen LogP contribution in [0.4, 0.5) is 0 Å². The zero-order valence-electron chi connectivity index (χ0n) is 12.1. The van der Waals surface area contributed by atoms with Crippen molar-refractivity contribution in [2.24, 2.45) is 0 Å². The number of nitrogens with zero attached hydrogens (tertiary/aromatic N) is 1. The first kappa shape index (κ1) is 13.1. The molecule has 104 valence electrons. The van der Waals surface area contributed by atoms with E-state index in [4.69, 9.17) is 0 Å². The van der Waals surface area contributed by atoms with Gasteiger partial charge in [0.1, 0.15) is 0 Å². The molecular formula is C17H26N2. The number of hydrogen-bond acceptors (Lipinski definition) is 2. The lowest BCUT2D eigenvalue weighted by Gasteiger charge is -2.27. The molecule has 0 spiro atoms. The molecule has 1 aromatic rings. The molecular weight excluding hydrogens is 232 g/mol. The summed E-state index contributed by atoms with van der Waals surface area (Å²) in [4.78, 5) is 2.53. The molecule has 1 heterocycles. The predicted octanol–water partition coefficient (Wildman–Crippen LogP) is 2.62. The highest BCUT2D eigenvalue weighted by molar-refractivity contribution is 5.30. The first-order chi connectivity index (χ1) is 9.33. The molecule has 1 fully saturated rings. The zero-order chi connectivity index (χ0) is 13.1. The van der Waals surface area contributed by atoms with E-state index in [-0.39, 0.29) is 0 Å². The normalized spacial score (nSPS) is 27.4. The Morgan fingerprint density at radius 3 is 2.84 bits per heavy atom. The summed E-state index contributed by atoms with van der Waals surface area (Å²) in [5, 5.41) is 3.78. The van der Waals surface area contributed by atoms with Crippen LogP contribution in [0.1, 0.15) is 36.8 Å². The van der Waals surface area contributed by atoms with Gasteiger partial charge >= 0.3 is 0 Å². The van der Waals surface area contributed by atoms with Crippen LogP contribution in [0.3, 0.4) is 0 Å². The van der Waals surface area contributed by atoms with Crippen LogP contribution in [0.5, 0.6) is 0 Å². The second-order valence-corrected chi connectivity index (χ2v) is 6.23. The lowest BCUT2D eigenvalue weighted by molar-refractivity contribution is 0.288. The van der Waals surface area contributed by atoms with E-state index in [1.54, 1.807) is 11.1 Å². The molecule has 0 bridgehead atoms. The minimum absolute atomic E-state index is 0.696. The van der Waals surface area contributed by atoms with Crippen molar-refractivity contribution in [2.75, 3.05) is 20.1 Å². The van der Waals surface area contributed by atoms with Gasteiger partial charge in [0.25, 0.3) is 0 Å². The van der Waals surface area contributed by atoms with E-state index in [0.717, 1.165) is 6.04 Å². The van der Waals surface area contributed by atoms with E-state index in [1.807, 2.05) is 0 Å². The fraction of sp³-hybridized carbons (Fsp3) is 0.647. The Bertz CT molecular complexity index is 415. The largest absolute Gasteiger partial charge is 0.314 e. The van der Waals surface area contributed by atoms with Crippen molar-refractivity contribution in [1.29, 1.82) is 0 Å². The summed E-state index contributed by atoms with van der Waals surface area (Å²) in [6, 6.07) is 10.5. The van der Waals surface area contributed by atoms with Gasteiger partial charge in [-0.25, -0.2) is 0 Å². The molecule has 0 unspecified atom stereocenters. The number of aryl methyl sites for hydroxylation is 1. The van der Waals surface area contributed by atoms with Crippen molar-refractivity contribution in [2.45, 2.75) is 50.6 Å². The molecule has 1 aliphatic carbocycles. The van der Waals surface area contributed by atoms with Crippen molar-refractivity contribution >= 4 is 0 Å². The van der Waals surface area contributed by atoms with Gasteiger partial charge < -0.3 is 10.2 Å². The number of fused-ring (bicyclic) bond motifs is 1. The molecule has 0 aromatic heterocycles. The lowest BCUT2D eigenvalue weighted by Crippen LogP contribution is -2.37. The molecule has 2 nitrogen and oxygen atoms in total. The topological polar surface area (TPSA) is 15.3 Å². The van der Waals surface area contributed by atoms with Crippen LogP contribution in [0.25, 0.3) is 0 Å². The molecule has 0 amide bonds. The van der Waals surface area contributed by atoms with Gasteiger partial charge in [-0.15, -0.1) is 0 Å². The Kier molecular flexibility index (Phi) is 4.19. The highest BCUT2D eigenvalue weighted by Gasteiger charge is 2.21. The third-order valence-corrected chi connectivity index (χ3v) is 4.93. The molecule has 2 aliphatic rings. The molecule has 1 saturated heterocycles. The van der Waals surface area contributed by atoms with Crippen molar-refractivity contribution in [3.8, 4) is 0 Å². The maximum absolute atomic E-state index is 3.78. The van der Waals surface area contributed by atoms with Gasteiger partial charge in [0.15, 0.2) is 0 Å².